The second-order valence-corrected chi connectivity index (χ2v) is 8.79. The van der Waals surface area contributed by atoms with Gasteiger partial charge in [-0.25, -0.2) is 8.42 Å². The average molecular weight is 380 g/mol. The summed E-state index contributed by atoms with van der Waals surface area (Å²) in [7, 11) is 1.69. The van der Waals surface area contributed by atoms with Crippen LogP contribution in [0.3, 0.4) is 0 Å². The van der Waals surface area contributed by atoms with Gasteiger partial charge in [0.15, 0.2) is 5.75 Å². The van der Waals surface area contributed by atoms with Gasteiger partial charge in [0, 0.05) is 21.6 Å². The largest absolute Gasteiger partial charge is 0.490 e. The van der Waals surface area contributed by atoms with Crippen LogP contribution in [0.1, 0.15) is 13.8 Å². The Kier molecular flexibility index (Phi) is 6.74. The topological polar surface area (TPSA) is 43.4 Å². The third-order valence-electron chi connectivity index (χ3n) is 2.76. The lowest BCUT2D eigenvalue weighted by Gasteiger charge is -2.20. The Bertz CT molecular complexity index is 549. The van der Waals surface area contributed by atoms with Crippen molar-refractivity contribution in [3.05, 3.63) is 27.2 Å². The summed E-state index contributed by atoms with van der Waals surface area (Å²) in [5.74, 6) is -0.0706. The Labute approximate surface area is 138 Å². The van der Waals surface area contributed by atoms with Gasteiger partial charge in [0.25, 0.3) is 0 Å². The normalized spacial score (nSPS) is 13.6. The van der Waals surface area contributed by atoms with Crippen LogP contribution in [0.15, 0.2) is 12.1 Å². The molecule has 0 saturated heterocycles. The van der Waals surface area contributed by atoms with Crippen molar-refractivity contribution in [1.29, 1.82) is 0 Å². The molecule has 1 unspecified atom stereocenters. The van der Waals surface area contributed by atoms with Crippen LogP contribution in [0, 0.1) is 11.8 Å². The fraction of sp³-hybridized carbons (Fsp3) is 0.500. The predicted molar refractivity (Wildman–Crippen MR) is 84.9 cm³/mol. The first kappa shape index (κ1) is 18.2. The summed E-state index contributed by atoms with van der Waals surface area (Å²) in [6.07, 6.45) is 0. The predicted octanol–water partition coefficient (Wildman–Crippen LogP) is 4.87. The number of hydrogen-bond donors (Lipinski definition) is 0. The molecule has 1 rings (SSSR count). The Balaban J connectivity index is 2.83. The van der Waals surface area contributed by atoms with E-state index in [9.17, 15) is 8.42 Å². The molecule has 0 amide bonds. The minimum atomic E-state index is -3.59. The van der Waals surface area contributed by atoms with Crippen LogP contribution in [-0.2, 0) is 9.05 Å². The highest BCUT2D eigenvalue weighted by molar-refractivity contribution is 8.13. The molecule has 0 bridgehead atoms. The van der Waals surface area contributed by atoms with Gasteiger partial charge in [-0.3, -0.25) is 0 Å². The summed E-state index contributed by atoms with van der Waals surface area (Å²) in [5.41, 5.74) is 0. The lowest BCUT2D eigenvalue weighted by atomic mass is 9.99. The maximum absolute atomic E-state index is 11.2. The molecule has 0 aliphatic rings. The van der Waals surface area contributed by atoms with Crippen LogP contribution in [0.2, 0.25) is 15.1 Å². The number of halogens is 4. The zero-order valence-corrected chi connectivity index (χ0v) is 14.7. The molecule has 0 heterocycles. The maximum Gasteiger partial charge on any atom is 0.233 e. The molecule has 114 valence electrons. The Morgan fingerprint density at radius 1 is 1.15 bits per heavy atom. The van der Waals surface area contributed by atoms with Gasteiger partial charge in [-0.2, -0.15) is 0 Å². The molecule has 0 fully saturated rings. The SMILES string of the molecule is CC(C)C(COc1c(Cl)cc(Cl)cc1Cl)CS(=O)(=O)Cl. The highest BCUT2D eigenvalue weighted by Gasteiger charge is 2.22. The fourth-order valence-corrected chi connectivity index (χ4v) is 3.95. The van der Waals surface area contributed by atoms with Gasteiger partial charge in [0.1, 0.15) is 0 Å². The van der Waals surface area contributed by atoms with Crippen molar-refractivity contribution in [3.8, 4) is 5.75 Å². The van der Waals surface area contributed by atoms with E-state index in [-0.39, 0.29) is 40.0 Å². The van der Waals surface area contributed by atoms with E-state index in [0.717, 1.165) is 0 Å². The Morgan fingerprint density at radius 3 is 2.05 bits per heavy atom. The molecule has 3 nitrogen and oxygen atoms in total. The van der Waals surface area contributed by atoms with E-state index in [1.165, 1.54) is 12.1 Å². The van der Waals surface area contributed by atoms with Gasteiger partial charge >= 0.3 is 0 Å². The monoisotopic (exact) mass is 378 g/mol. The Hall–Kier alpha value is 0.130. The zero-order chi connectivity index (χ0) is 15.5. The third-order valence-corrected chi connectivity index (χ3v) is 4.74. The van der Waals surface area contributed by atoms with Crippen molar-refractivity contribution < 1.29 is 13.2 Å². The summed E-state index contributed by atoms with van der Waals surface area (Å²) in [4.78, 5) is 0. The summed E-state index contributed by atoms with van der Waals surface area (Å²) in [6, 6.07) is 3.01. The summed E-state index contributed by atoms with van der Waals surface area (Å²) in [6.45, 7) is 3.92. The van der Waals surface area contributed by atoms with Crippen molar-refractivity contribution in [1.82, 2.24) is 0 Å². The van der Waals surface area contributed by atoms with Crippen molar-refractivity contribution in [3.63, 3.8) is 0 Å². The van der Waals surface area contributed by atoms with Crippen molar-refractivity contribution in [2.45, 2.75) is 13.8 Å². The summed E-state index contributed by atoms with van der Waals surface area (Å²) in [5, 5.41) is 0.952. The lowest BCUT2D eigenvalue weighted by Crippen LogP contribution is -2.24. The molecule has 0 aliphatic carbocycles. The molecule has 1 atom stereocenters. The molecular formula is C12H14Cl4O3S. The van der Waals surface area contributed by atoms with E-state index in [0.29, 0.717) is 5.02 Å². The van der Waals surface area contributed by atoms with Crippen LogP contribution in [0.5, 0.6) is 5.75 Å². The zero-order valence-electron chi connectivity index (χ0n) is 10.9. The van der Waals surface area contributed by atoms with Crippen LogP contribution in [-0.4, -0.2) is 20.8 Å². The van der Waals surface area contributed by atoms with Crippen LogP contribution in [0.4, 0.5) is 0 Å². The second-order valence-electron chi connectivity index (χ2n) is 4.72. The highest BCUT2D eigenvalue weighted by Crippen LogP contribution is 2.36. The first-order chi connectivity index (χ1) is 9.10. The standard InChI is InChI=1S/C12H14Cl4O3S/c1-7(2)8(6-20(16,17)18)5-19-12-10(14)3-9(13)4-11(12)15/h3-4,7-8H,5-6H2,1-2H3. The minimum absolute atomic E-state index is 0.0772. The summed E-state index contributed by atoms with van der Waals surface area (Å²) >= 11 is 17.8. The maximum atomic E-state index is 11.2. The molecular weight excluding hydrogens is 366 g/mol. The van der Waals surface area contributed by atoms with Gasteiger partial charge in [-0.05, 0) is 18.1 Å². The molecule has 8 heteroatoms. The van der Waals surface area contributed by atoms with E-state index in [1.54, 1.807) is 0 Å². The van der Waals surface area contributed by atoms with Gasteiger partial charge in [-0.15, -0.1) is 0 Å². The van der Waals surface area contributed by atoms with Gasteiger partial charge < -0.3 is 4.74 Å². The van der Waals surface area contributed by atoms with E-state index in [2.05, 4.69) is 0 Å². The first-order valence-electron chi connectivity index (χ1n) is 5.80. The molecule has 20 heavy (non-hydrogen) atoms. The number of ether oxygens (including phenoxy) is 1. The quantitative estimate of drug-likeness (QED) is 0.662. The molecule has 0 aliphatic heterocycles. The summed E-state index contributed by atoms with van der Waals surface area (Å²) < 4.78 is 27.9. The third kappa shape index (κ3) is 5.86. The van der Waals surface area contributed by atoms with Crippen LogP contribution >= 0.6 is 45.5 Å². The van der Waals surface area contributed by atoms with Crippen molar-refractivity contribution >= 4 is 54.5 Å². The number of rotatable bonds is 6. The van der Waals surface area contributed by atoms with Crippen LogP contribution in [0.25, 0.3) is 0 Å². The van der Waals surface area contributed by atoms with Gasteiger partial charge in [-0.1, -0.05) is 48.7 Å². The fourth-order valence-electron chi connectivity index (χ4n) is 1.55. The van der Waals surface area contributed by atoms with E-state index < -0.39 is 9.05 Å². The van der Waals surface area contributed by atoms with Crippen LogP contribution < -0.4 is 4.74 Å². The van der Waals surface area contributed by atoms with E-state index in [4.69, 9.17) is 50.2 Å². The highest BCUT2D eigenvalue weighted by atomic mass is 35.7. The molecule has 0 spiro atoms. The Morgan fingerprint density at radius 2 is 1.65 bits per heavy atom. The first-order valence-corrected chi connectivity index (χ1v) is 9.41. The van der Waals surface area contributed by atoms with Gasteiger partial charge in [0.2, 0.25) is 9.05 Å². The van der Waals surface area contributed by atoms with Crippen molar-refractivity contribution in [2.75, 3.05) is 12.4 Å². The number of hydrogen-bond acceptors (Lipinski definition) is 3. The molecule has 0 saturated carbocycles. The van der Waals surface area contributed by atoms with Crippen molar-refractivity contribution in [2.24, 2.45) is 11.8 Å². The lowest BCUT2D eigenvalue weighted by molar-refractivity contribution is 0.225. The average Bonchev–Trinajstić information content (AvgIpc) is 2.23. The smallest absolute Gasteiger partial charge is 0.233 e. The van der Waals surface area contributed by atoms with Gasteiger partial charge in [0.05, 0.1) is 22.4 Å². The second kappa shape index (κ2) is 7.41. The molecule has 0 aromatic heterocycles. The van der Waals surface area contributed by atoms with E-state index in [1.807, 2.05) is 13.8 Å². The molecule has 1 aromatic rings. The number of benzene rings is 1. The molecule has 0 radical (unpaired) electrons. The molecule has 0 N–H and O–H groups in total. The van der Waals surface area contributed by atoms with E-state index >= 15 is 0 Å². The molecule has 1 aromatic carbocycles. The minimum Gasteiger partial charge on any atom is -0.490 e.